The highest BCUT2D eigenvalue weighted by molar-refractivity contribution is 5.80. The summed E-state index contributed by atoms with van der Waals surface area (Å²) in [6.07, 6.45) is 5.86. The zero-order valence-electron chi connectivity index (χ0n) is 21.4. The Balaban J connectivity index is 1.13. The van der Waals surface area contributed by atoms with Gasteiger partial charge in [-0.15, -0.1) is 10.2 Å². The van der Waals surface area contributed by atoms with E-state index < -0.39 is 0 Å². The normalized spacial score (nSPS) is 14.4. The number of nitrogens with zero attached hydrogens (tertiary/aromatic N) is 6. The SMILES string of the molecule is COc1cc(-c2ccccc2)c(-c2ccc(CN3CCC(n4nccc4-c4ccccn4)CC3)cc2)nn1. The van der Waals surface area contributed by atoms with E-state index >= 15 is 0 Å². The summed E-state index contributed by atoms with van der Waals surface area (Å²) in [6, 6.07) is 29.4. The average molecular weight is 503 g/mol. The van der Waals surface area contributed by atoms with Gasteiger partial charge in [-0.1, -0.05) is 60.7 Å². The number of methoxy groups -OCH3 is 1. The van der Waals surface area contributed by atoms with E-state index in [2.05, 4.69) is 72.3 Å². The van der Waals surface area contributed by atoms with Crippen LogP contribution in [0.1, 0.15) is 24.4 Å². The molecule has 1 aliphatic rings. The monoisotopic (exact) mass is 502 g/mol. The van der Waals surface area contributed by atoms with E-state index in [9.17, 15) is 0 Å². The predicted octanol–water partition coefficient (Wildman–Crippen LogP) is 5.91. The second-order valence-electron chi connectivity index (χ2n) is 9.60. The van der Waals surface area contributed by atoms with Gasteiger partial charge in [0.15, 0.2) is 0 Å². The molecule has 1 aliphatic heterocycles. The molecule has 0 unspecified atom stereocenters. The van der Waals surface area contributed by atoms with E-state index in [0.29, 0.717) is 11.9 Å². The minimum Gasteiger partial charge on any atom is -0.480 e. The van der Waals surface area contributed by atoms with Crippen LogP contribution in [0.3, 0.4) is 0 Å². The minimum absolute atomic E-state index is 0.394. The molecule has 0 spiro atoms. The molecule has 1 fully saturated rings. The molecular weight excluding hydrogens is 472 g/mol. The summed E-state index contributed by atoms with van der Waals surface area (Å²) in [5, 5.41) is 13.4. The van der Waals surface area contributed by atoms with Crippen LogP contribution in [0.25, 0.3) is 33.8 Å². The summed E-state index contributed by atoms with van der Waals surface area (Å²) in [7, 11) is 1.62. The van der Waals surface area contributed by atoms with Crippen LogP contribution in [0, 0.1) is 0 Å². The van der Waals surface area contributed by atoms with Crippen LogP contribution in [0.2, 0.25) is 0 Å². The van der Waals surface area contributed by atoms with Crippen molar-refractivity contribution >= 4 is 0 Å². The second-order valence-corrected chi connectivity index (χ2v) is 9.60. The lowest BCUT2D eigenvalue weighted by molar-refractivity contribution is 0.174. The average Bonchev–Trinajstić information content (AvgIpc) is 3.49. The summed E-state index contributed by atoms with van der Waals surface area (Å²) in [4.78, 5) is 7.05. The van der Waals surface area contributed by atoms with Crippen LogP contribution < -0.4 is 4.74 Å². The van der Waals surface area contributed by atoms with Crippen molar-refractivity contribution in [2.24, 2.45) is 0 Å². The van der Waals surface area contributed by atoms with Crippen molar-refractivity contribution in [2.45, 2.75) is 25.4 Å². The van der Waals surface area contributed by atoms with E-state index in [-0.39, 0.29) is 0 Å². The van der Waals surface area contributed by atoms with Crippen LogP contribution in [0.15, 0.2) is 97.3 Å². The van der Waals surface area contributed by atoms with Crippen LogP contribution >= 0.6 is 0 Å². The number of aromatic nitrogens is 5. The molecule has 0 radical (unpaired) electrons. The van der Waals surface area contributed by atoms with E-state index in [1.54, 1.807) is 7.11 Å². The summed E-state index contributed by atoms with van der Waals surface area (Å²) >= 11 is 0. The number of rotatable bonds is 7. The van der Waals surface area contributed by atoms with Gasteiger partial charge in [-0.05, 0) is 42.2 Å². The van der Waals surface area contributed by atoms with Crippen molar-refractivity contribution in [2.75, 3.05) is 20.2 Å². The number of ether oxygens (including phenoxy) is 1. The lowest BCUT2D eigenvalue weighted by atomic mass is 9.99. The van der Waals surface area contributed by atoms with Crippen LogP contribution in [0.4, 0.5) is 0 Å². The fourth-order valence-electron chi connectivity index (χ4n) is 5.20. The Kier molecular flexibility index (Phi) is 6.91. The van der Waals surface area contributed by atoms with Gasteiger partial charge in [-0.3, -0.25) is 14.6 Å². The number of hydrogen-bond donors (Lipinski definition) is 0. The van der Waals surface area contributed by atoms with Crippen molar-refractivity contribution in [3.63, 3.8) is 0 Å². The summed E-state index contributed by atoms with van der Waals surface area (Å²) in [5.74, 6) is 0.509. The van der Waals surface area contributed by atoms with Gasteiger partial charge in [-0.25, -0.2) is 0 Å². The van der Waals surface area contributed by atoms with Crippen molar-refractivity contribution in [1.82, 2.24) is 29.9 Å². The molecular formula is C31H30N6O. The molecule has 5 aromatic rings. The molecule has 2 aromatic carbocycles. The molecule has 0 N–H and O–H groups in total. The molecule has 38 heavy (non-hydrogen) atoms. The van der Waals surface area contributed by atoms with Gasteiger partial charge in [-0.2, -0.15) is 5.10 Å². The third-order valence-corrected chi connectivity index (χ3v) is 7.20. The molecule has 7 heteroatoms. The maximum Gasteiger partial charge on any atom is 0.233 e. The quantitative estimate of drug-likeness (QED) is 0.275. The van der Waals surface area contributed by atoms with E-state index in [4.69, 9.17) is 4.74 Å². The maximum absolute atomic E-state index is 5.34. The Hall–Kier alpha value is -4.36. The van der Waals surface area contributed by atoms with Crippen molar-refractivity contribution < 1.29 is 4.74 Å². The van der Waals surface area contributed by atoms with Gasteiger partial charge >= 0.3 is 0 Å². The van der Waals surface area contributed by atoms with Crippen molar-refractivity contribution in [3.05, 3.63) is 103 Å². The maximum atomic E-state index is 5.34. The van der Waals surface area contributed by atoms with Gasteiger partial charge in [0.05, 0.1) is 24.5 Å². The smallest absolute Gasteiger partial charge is 0.233 e. The standard InChI is InChI=1S/C31H30N6O/c1-38-30-21-27(24-7-3-2-4-8-24)31(35-34-30)25-12-10-23(11-13-25)22-36-19-15-26(16-20-36)37-29(14-18-33-37)28-9-5-6-17-32-28/h2-14,17-18,21,26H,15-16,19-20,22H2,1H3. The predicted molar refractivity (Wildman–Crippen MR) is 148 cm³/mol. The minimum atomic E-state index is 0.394. The molecule has 0 amide bonds. The molecule has 190 valence electrons. The van der Waals surface area contributed by atoms with E-state index in [1.807, 2.05) is 54.9 Å². The van der Waals surface area contributed by atoms with Crippen LogP contribution in [-0.2, 0) is 6.54 Å². The summed E-state index contributed by atoms with van der Waals surface area (Å²) in [5.41, 5.74) is 7.36. The van der Waals surface area contributed by atoms with E-state index in [1.165, 1.54) is 5.56 Å². The highest BCUT2D eigenvalue weighted by Crippen LogP contribution is 2.33. The Bertz CT molecular complexity index is 1480. The molecule has 0 saturated carbocycles. The lowest BCUT2D eigenvalue weighted by Crippen LogP contribution is -2.34. The van der Waals surface area contributed by atoms with Crippen molar-refractivity contribution in [3.8, 4) is 39.7 Å². The number of likely N-dealkylation sites (tertiary alicyclic amines) is 1. The zero-order valence-corrected chi connectivity index (χ0v) is 21.4. The Morgan fingerprint density at radius 1 is 0.816 bits per heavy atom. The topological polar surface area (TPSA) is 69.0 Å². The summed E-state index contributed by atoms with van der Waals surface area (Å²) < 4.78 is 7.50. The first kappa shape index (κ1) is 24.0. The van der Waals surface area contributed by atoms with Crippen molar-refractivity contribution in [1.29, 1.82) is 0 Å². The van der Waals surface area contributed by atoms with Crippen LogP contribution in [0.5, 0.6) is 5.88 Å². The third kappa shape index (κ3) is 5.06. The van der Waals surface area contributed by atoms with Gasteiger partial charge in [0, 0.05) is 49.2 Å². The fourth-order valence-corrected chi connectivity index (χ4v) is 5.20. The summed E-state index contributed by atoms with van der Waals surface area (Å²) in [6.45, 7) is 3.01. The lowest BCUT2D eigenvalue weighted by Gasteiger charge is -2.32. The Labute approximate surface area is 222 Å². The molecule has 3 aromatic heterocycles. The van der Waals surface area contributed by atoms with Gasteiger partial charge in [0.25, 0.3) is 0 Å². The van der Waals surface area contributed by atoms with Gasteiger partial charge in [0.2, 0.25) is 5.88 Å². The van der Waals surface area contributed by atoms with Crippen LogP contribution in [-0.4, -0.2) is 50.1 Å². The van der Waals surface area contributed by atoms with Gasteiger partial charge in [0.1, 0.15) is 5.69 Å². The largest absolute Gasteiger partial charge is 0.480 e. The highest BCUT2D eigenvalue weighted by atomic mass is 16.5. The molecule has 7 nitrogen and oxygen atoms in total. The molecule has 0 aliphatic carbocycles. The molecule has 6 rings (SSSR count). The molecule has 0 bridgehead atoms. The number of pyridine rings is 1. The first-order valence-electron chi connectivity index (χ1n) is 13.0. The van der Waals surface area contributed by atoms with E-state index in [0.717, 1.165) is 66.2 Å². The number of hydrogen-bond acceptors (Lipinski definition) is 6. The number of benzene rings is 2. The first-order valence-corrected chi connectivity index (χ1v) is 13.0. The highest BCUT2D eigenvalue weighted by Gasteiger charge is 2.23. The number of piperidine rings is 1. The third-order valence-electron chi connectivity index (χ3n) is 7.20. The first-order chi connectivity index (χ1) is 18.8. The Morgan fingerprint density at radius 3 is 2.34 bits per heavy atom. The molecule has 0 atom stereocenters. The second kappa shape index (κ2) is 10.9. The Morgan fingerprint density at radius 2 is 1.61 bits per heavy atom. The molecule has 4 heterocycles. The molecule has 1 saturated heterocycles. The fraction of sp³-hybridized carbons (Fsp3) is 0.226. The zero-order chi connectivity index (χ0) is 25.7. The van der Waals surface area contributed by atoms with Gasteiger partial charge < -0.3 is 4.74 Å².